The highest BCUT2D eigenvalue weighted by atomic mass is 16.1. The summed E-state index contributed by atoms with van der Waals surface area (Å²) in [7, 11) is 0. The highest BCUT2D eigenvalue weighted by Crippen LogP contribution is 2.50. The van der Waals surface area contributed by atoms with E-state index in [1.807, 2.05) is 0 Å². The van der Waals surface area contributed by atoms with Gasteiger partial charge in [0, 0.05) is 12.8 Å². The van der Waals surface area contributed by atoms with E-state index in [1.54, 1.807) is 0 Å². The lowest BCUT2D eigenvalue weighted by Crippen LogP contribution is -2.36. The molecule has 0 spiro atoms. The highest BCUT2D eigenvalue weighted by Gasteiger charge is 2.43. The van der Waals surface area contributed by atoms with Crippen molar-refractivity contribution in [3.63, 3.8) is 0 Å². The van der Waals surface area contributed by atoms with Crippen LogP contribution in [-0.4, -0.2) is 5.78 Å². The van der Waals surface area contributed by atoms with Crippen LogP contribution in [0.5, 0.6) is 0 Å². The summed E-state index contributed by atoms with van der Waals surface area (Å²) >= 11 is 0. The van der Waals surface area contributed by atoms with Gasteiger partial charge in [-0.05, 0) is 79.0 Å². The molecular weight excluding hydrogens is 366 g/mol. The van der Waals surface area contributed by atoms with Crippen LogP contribution in [0.25, 0.3) is 11.1 Å². The molecule has 2 aromatic rings. The first-order chi connectivity index (χ1) is 14.6. The first kappa shape index (κ1) is 20.9. The maximum atomic E-state index is 12.0. The number of rotatable bonds is 5. The van der Waals surface area contributed by atoms with Gasteiger partial charge < -0.3 is 0 Å². The van der Waals surface area contributed by atoms with Gasteiger partial charge in [-0.1, -0.05) is 61.9 Å². The number of carbonyl (C=O) groups excluding carboxylic acids is 1. The summed E-state index contributed by atoms with van der Waals surface area (Å²) in [5.41, 5.74) is 5.07. The van der Waals surface area contributed by atoms with E-state index in [2.05, 4.69) is 61.5 Å². The van der Waals surface area contributed by atoms with Gasteiger partial charge in [-0.15, -0.1) is 0 Å². The average molecular weight is 400 g/mol. The zero-order valence-corrected chi connectivity index (χ0v) is 18.2. The Morgan fingerprint density at radius 1 is 0.967 bits per heavy atom. The lowest BCUT2D eigenvalue weighted by Gasteiger charge is -2.42. The molecule has 2 saturated carbocycles. The number of hydrogen-bond acceptors (Lipinski definition) is 2. The second kappa shape index (κ2) is 9.17. The summed E-state index contributed by atoms with van der Waals surface area (Å²) < 4.78 is 0. The third-order valence-electron chi connectivity index (χ3n) is 7.57. The van der Waals surface area contributed by atoms with Crippen molar-refractivity contribution < 1.29 is 4.79 Å². The number of aryl methyl sites for hydroxylation is 1. The fraction of sp³-hybridized carbons (Fsp3) is 0.500. The zero-order valence-electron chi connectivity index (χ0n) is 18.2. The third-order valence-corrected chi connectivity index (χ3v) is 7.57. The Labute approximate surface area is 181 Å². The van der Waals surface area contributed by atoms with Crippen molar-refractivity contribution in [1.82, 2.24) is 0 Å². The Balaban J connectivity index is 1.41. The molecular formula is C28H33NO. The van der Waals surface area contributed by atoms with Gasteiger partial charge in [0.2, 0.25) is 0 Å². The lowest BCUT2D eigenvalue weighted by atomic mass is 9.60. The molecule has 2 aliphatic rings. The Morgan fingerprint density at radius 3 is 2.17 bits per heavy atom. The second-order valence-electron chi connectivity index (χ2n) is 9.44. The number of ketones is 1. The van der Waals surface area contributed by atoms with Crippen LogP contribution in [-0.2, 0) is 11.2 Å². The molecule has 0 amide bonds. The lowest BCUT2D eigenvalue weighted by molar-refractivity contribution is -0.123. The SMILES string of the molecule is CCCc1ccc(-c2ccc([C@H]3CC[C@@](C#N)([C@@H]4CCCC(=O)C4)CC3)cc2)cc1. The fourth-order valence-corrected chi connectivity index (χ4v) is 5.67. The molecule has 0 radical (unpaired) electrons. The van der Waals surface area contributed by atoms with Crippen molar-refractivity contribution in [2.45, 2.75) is 77.0 Å². The van der Waals surface area contributed by atoms with Crippen LogP contribution in [0.15, 0.2) is 48.5 Å². The minimum Gasteiger partial charge on any atom is -0.300 e. The summed E-state index contributed by atoms with van der Waals surface area (Å²) in [5.74, 6) is 1.18. The molecule has 0 heterocycles. The van der Waals surface area contributed by atoms with Gasteiger partial charge >= 0.3 is 0 Å². The predicted octanol–water partition coefficient (Wildman–Crippen LogP) is 7.23. The number of benzene rings is 2. The Hall–Kier alpha value is -2.40. The van der Waals surface area contributed by atoms with E-state index in [0.717, 1.165) is 44.9 Å². The second-order valence-corrected chi connectivity index (χ2v) is 9.44. The third kappa shape index (κ3) is 4.36. The number of carbonyl (C=O) groups is 1. The summed E-state index contributed by atoms with van der Waals surface area (Å²) in [6.07, 6.45) is 9.68. The predicted molar refractivity (Wildman–Crippen MR) is 122 cm³/mol. The van der Waals surface area contributed by atoms with E-state index >= 15 is 0 Å². The van der Waals surface area contributed by atoms with Gasteiger partial charge in [0.15, 0.2) is 0 Å². The van der Waals surface area contributed by atoms with Crippen molar-refractivity contribution in [2.75, 3.05) is 0 Å². The number of Topliss-reactive ketones (excluding diaryl/α,β-unsaturated/α-hetero) is 1. The van der Waals surface area contributed by atoms with E-state index < -0.39 is 0 Å². The Morgan fingerprint density at radius 2 is 1.60 bits per heavy atom. The van der Waals surface area contributed by atoms with Crippen LogP contribution in [0.4, 0.5) is 0 Å². The summed E-state index contributed by atoms with van der Waals surface area (Å²) in [6.45, 7) is 2.22. The Kier molecular flexibility index (Phi) is 6.38. The van der Waals surface area contributed by atoms with E-state index in [1.165, 1.54) is 28.7 Å². The minimum atomic E-state index is -0.271. The Bertz CT molecular complexity index is 895. The fourth-order valence-electron chi connectivity index (χ4n) is 5.67. The van der Waals surface area contributed by atoms with Crippen molar-refractivity contribution in [1.29, 1.82) is 5.26 Å². The standard InChI is InChI=1S/C28H33NO/c1-2-4-21-7-9-22(10-8-21)23-11-13-24(14-12-23)25-15-17-28(20-29,18-16-25)26-5-3-6-27(30)19-26/h7-14,25-26H,2-6,15-19H2,1H3/t25-,26-,28+/m1/s1. The first-order valence-electron chi connectivity index (χ1n) is 11.8. The van der Waals surface area contributed by atoms with Crippen molar-refractivity contribution >= 4 is 5.78 Å². The van der Waals surface area contributed by atoms with Crippen LogP contribution >= 0.6 is 0 Å². The monoisotopic (exact) mass is 399 g/mol. The molecule has 2 nitrogen and oxygen atoms in total. The molecule has 30 heavy (non-hydrogen) atoms. The number of nitriles is 1. The molecule has 2 heteroatoms. The van der Waals surface area contributed by atoms with Crippen LogP contribution in [0.3, 0.4) is 0 Å². The number of nitrogens with zero attached hydrogens (tertiary/aromatic N) is 1. The summed E-state index contributed by atoms with van der Waals surface area (Å²) in [6, 6.07) is 20.7. The van der Waals surface area contributed by atoms with Crippen LogP contribution in [0.1, 0.15) is 81.8 Å². The smallest absolute Gasteiger partial charge is 0.133 e. The molecule has 156 valence electrons. The van der Waals surface area contributed by atoms with E-state index in [4.69, 9.17) is 0 Å². The molecule has 0 N–H and O–H groups in total. The molecule has 4 rings (SSSR count). The van der Waals surface area contributed by atoms with Gasteiger partial charge in [0.05, 0.1) is 11.5 Å². The van der Waals surface area contributed by atoms with E-state index in [9.17, 15) is 10.1 Å². The van der Waals surface area contributed by atoms with Crippen molar-refractivity contribution in [3.8, 4) is 17.2 Å². The van der Waals surface area contributed by atoms with Crippen LogP contribution in [0.2, 0.25) is 0 Å². The zero-order chi connectivity index (χ0) is 21.0. The summed E-state index contributed by atoms with van der Waals surface area (Å²) in [4.78, 5) is 12.0. The molecule has 0 bridgehead atoms. The van der Waals surface area contributed by atoms with Gasteiger partial charge in [-0.2, -0.15) is 5.26 Å². The maximum absolute atomic E-state index is 12.0. The van der Waals surface area contributed by atoms with Crippen molar-refractivity contribution in [3.05, 3.63) is 59.7 Å². The van der Waals surface area contributed by atoms with Gasteiger partial charge in [0.1, 0.15) is 5.78 Å². The topological polar surface area (TPSA) is 40.9 Å². The molecule has 2 aliphatic carbocycles. The highest BCUT2D eigenvalue weighted by molar-refractivity contribution is 5.79. The maximum Gasteiger partial charge on any atom is 0.133 e. The van der Waals surface area contributed by atoms with Gasteiger partial charge in [-0.25, -0.2) is 0 Å². The molecule has 0 aliphatic heterocycles. The van der Waals surface area contributed by atoms with Gasteiger partial charge in [0.25, 0.3) is 0 Å². The first-order valence-corrected chi connectivity index (χ1v) is 11.8. The van der Waals surface area contributed by atoms with Crippen molar-refractivity contribution in [2.24, 2.45) is 11.3 Å². The summed E-state index contributed by atoms with van der Waals surface area (Å²) in [5, 5.41) is 9.99. The quantitative estimate of drug-likeness (QED) is 0.532. The molecule has 2 aromatic carbocycles. The molecule has 0 unspecified atom stereocenters. The van der Waals surface area contributed by atoms with E-state index in [0.29, 0.717) is 24.5 Å². The normalized spacial score (nSPS) is 26.9. The largest absolute Gasteiger partial charge is 0.300 e. The van der Waals surface area contributed by atoms with Gasteiger partial charge in [-0.3, -0.25) is 4.79 Å². The molecule has 2 fully saturated rings. The minimum absolute atomic E-state index is 0.271. The number of hydrogen-bond donors (Lipinski definition) is 0. The molecule has 0 aromatic heterocycles. The van der Waals surface area contributed by atoms with Crippen LogP contribution < -0.4 is 0 Å². The average Bonchev–Trinajstić information content (AvgIpc) is 2.80. The molecule has 1 atom stereocenters. The van der Waals surface area contributed by atoms with Crippen LogP contribution in [0, 0.1) is 22.7 Å². The molecule has 0 saturated heterocycles. The van der Waals surface area contributed by atoms with E-state index in [-0.39, 0.29) is 11.3 Å².